The monoisotopic (exact) mass is 898 g/mol. The van der Waals surface area contributed by atoms with E-state index in [0.717, 1.165) is 12.1 Å². The number of halogens is 4. The fraction of sp³-hybridized carbons (Fsp3) is 0.357. The van der Waals surface area contributed by atoms with Gasteiger partial charge < -0.3 is 55.9 Å². The fourth-order valence-corrected chi connectivity index (χ4v) is 6.83. The standard InChI is InChI=1S/C42H46F4N8O10/c1-2-54-32-20-33(29(43)19-28(32)35(55)21-34(54)38(58)59)52-15-17-53(18-16-52)41(62)64-24-26-10-12-27(13-11-26)49-36(56)30(9-6-14-48-39(47)60)50-37(57)31(22-42(44,45)46)51-40(61)63-23-25-7-4-3-5-8-25/h3-5,7-8,10-13,19-21,30-31H,2,6,9,14-18,22-24H2,1H3,(H,49,56)(H,50,57)(H,51,61)(H,58,59)(H3,47,48,60)/t30-,31-/m0/s1. The zero-order valence-electron chi connectivity index (χ0n) is 34.4. The third-order valence-electron chi connectivity index (χ3n) is 10.0. The Balaban J connectivity index is 1.16. The van der Waals surface area contributed by atoms with Crippen LogP contribution < -0.4 is 37.3 Å². The summed E-state index contributed by atoms with van der Waals surface area (Å²) in [6.07, 6.45) is -8.72. The second kappa shape index (κ2) is 21.6. The number of hydrogen-bond acceptors (Lipinski definition) is 10. The molecule has 0 aliphatic carbocycles. The average molecular weight is 899 g/mol. The molecule has 0 spiro atoms. The number of ether oxygens (including phenoxy) is 2. The number of fused-ring (bicyclic) bond motifs is 1. The summed E-state index contributed by atoms with van der Waals surface area (Å²) in [6, 6.07) is 13.3. The zero-order valence-corrected chi connectivity index (χ0v) is 34.4. The van der Waals surface area contributed by atoms with Gasteiger partial charge in [-0.05, 0) is 55.2 Å². The molecule has 342 valence electrons. The third kappa shape index (κ3) is 13.3. The molecular formula is C42H46F4N8O10. The molecule has 1 aliphatic heterocycles. The minimum atomic E-state index is -4.90. The van der Waals surface area contributed by atoms with E-state index in [4.69, 9.17) is 15.2 Å². The largest absolute Gasteiger partial charge is 0.477 e. The first kappa shape index (κ1) is 47.7. The van der Waals surface area contributed by atoms with Crippen LogP contribution in [0.5, 0.6) is 0 Å². The van der Waals surface area contributed by atoms with Crippen molar-refractivity contribution in [1.29, 1.82) is 0 Å². The maximum atomic E-state index is 15.3. The quantitative estimate of drug-likeness (QED) is 0.0640. The smallest absolute Gasteiger partial charge is 0.410 e. The number of alkyl halides is 3. The van der Waals surface area contributed by atoms with E-state index >= 15 is 4.39 Å². The number of benzene rings is 3. The number of carboxylic acids is 1. The Bertz CT molecular complexity index is 2390. The number of aromatic nitrogens is 1. The molecule has 2 atom stereocenters. The number of pyridine rings is 1. The summed E-state index contributed by atoms with van der Waals surface area (Å²) in [6.45, 7) is 2.12. The Labute approximate surface area is 362 Å². The molecule has 3 aromatic carbocycles. The summed E-state index contributed by atoms with van der Waals surface area (Å²) in [5.74, 6) is -4.13. The fourth-order valence-electron chi connectivity index (χ4n) is 6.83. The van der Waals surface area contributed by atoms with E-state index in [0.29, 0.717) is 11.1 Å². The number of carbonyl (C=O) groups excluding carboxylic acids is 5. The van der Waals surface area contributed by atoms with Crippen molar-refractivity contribution in [3.63, 3.8) is 0 Å². The van der Waals surface area contributed by atoms with Gasteiger partial charge >= 0.3 is 30.4 Å². The van der Waals surface area contributed by atoms with Crippen molar-refractivity contribution in [2.45, 2.75) is 64.2 Å². The lowest BCUT2D eigenvalue weighted by molar-refractivity contribution is -0.149. The van der Waals surface area contributed by atoms with Crippen LogP contribution in [0.1, 0.15) is 47.8 Å². The highest BCUT2D eigenvalue weighted by Crippen LogP contribution is 2.27. The van der Waals surface area contributed by atoms with E-state index in [9.17, 15) is 51.8 Å². The number of aromatic carboxylic acids is 1. The number of piperazine rings is 1. The van der Waals surface area contributed by atoms with Crippen LogP contribution in [0.3, 0.4) is 0 Å². The molecule has 5 rings (SSSR count). The number of carbonyl (C=O) groups is 6. The summed E-state index contributed by atoms with van der Waals surface area (Å²) < 4.78 is 67.7. The molecule has 1 fully saturated rings. The first-order valence-electron chi connectivity index (χ1n) is 20.0. The number of anilines is 2. The van der Waals surface area contributed by atoms with Gasteiger partial charge in [0.05, 0.1) is 17.6 Å². The summed E-state index contributed by atoms with van der Waals surface area (Å²) in [5.41, 5.74) is 5.91. The molecular weight excluding hydrogens is 852 g/mol. The van der Waals surface area contributed by atoms with Crippen LogP contribution in [0.25, 0.3) is 10.9 Å². The predicted octanol–water partition coefficient (Wildman–Crippen LogP) is 4.44. The first-order valence-corrected chi connectivity index (χ1v) is 20.0. The minimum absolute atomic E-state index is 0.0305. The summed E-state index contributed by atoms with van der Waals surface area (Å²) >= 11 is 0. The SMILES string of the molecule is CCn1c(C(=O)O)cc(=O)c2cc(F)c(N3CCN(C(=O)OCc4ccc(NC(=O)[C@H](CCCNC(N)=O)NC(=O)[C@H](CC(F)(F)F)NC(=O)OCc5ccccc5)cc4)CC3)cc21. The Morgan fingerprint density at radius 1 is 0.844 bits per heavy atom. The van der Waals surface area contributed by atoms with E-state index in [2.05, 4.69) is 16.0 Å². The lowest BCUT2D eigenvalue weighted by Gasteiger charge is -2.35. The average Bonchev–Trinajstić information content (AvgIpc) is 3.25. The van der Waals surface area contributed by atoms with Gasteiger partial charge in [-0.25, -0.2) is 23.6 Å². The normalized spacial score (nSPS) is 13.6. The molecule has 0 saturated carbocycles. The Kier molecular flexibility index (Phi) is 16.1. The van der Waals surface area contributed by atoms with E-state index in [1.807, 2.05) is 5.32 Å². The summed E-state index contributed by atoms with van der Waals surface area (Å²) in [7, 11) is 0. The van der Waals surface area contributed by atoms with Crippen LogP contribution in [-0.4, -0.2) is 102 Å². The molecule has 18 nitrogen and oxygen atoms in total. The highest BCUT2D eigenvalue weighted by atomic mass is 19.4. The van der Waals surface area contributed by atoms with E-state index in [1.54, 1.807) is 42.2 Å². The Morgan fingerprint density at radius 2 is 1.50 bits per heavy atom. The van der Waals surface area contributed by atoms with Crippen molar-refractivity contribution < 1.29 is 60.9 Å². The first-order chi connectivity index (χ1) is 30.4. The third-order valence-corrected chi connectivity index (χ3v) is 10.0. The van der Waals surface area contributed by atoms with Crippen LogP contribution in [0.2, 0.25) is 0 Å². The number of nitrogens with zero attached hydrogens (tertiary/aromatic N) is 3. The van der Waals surface area contributed by atoms with E-state index in [-0.39, 0.29) is 93.3 Å². The topological polar surface area (TPSA) is 244 Å². The zero-order chi connectivity index (χ0) is 46.6. The van der Waals surface area contributed by atoms with Crippen LogP contribution in [0.15, 0.2) is 77.6 Å². The van der Waals surface area contributed by atoms with Gasteiger partial charge in [0.15, 0.2) is 5.43 Å². The summed E-state index contributed by atoms with van der Waals surface area (Å²) in [4.78, 5) is 90.6. The van der Waals surface area contributed by atoms with Crippen LogP contribution >= 0.6 is 0 Å². The maximum absolute atomic E-state index is 15.3. The molecule has 2 heterocycles. The number of carboxylic acid groups (broad SMARTS) is 1. The van der Waals surface area contributed by atoms with Crippen molar-refractivity contribution in [2.24, 2.45) is 5.73 Å². The number of urea groups is 1. The van der Waals surface area contributed by atoms with Gasteiger partial charge in [-0.1, -0.05) is 42.5 Å². The minimum Gasteiger partial charge on any atom is -0.477 e. The molecule has 4 aromatic rings. The predicted molar refractivity (Wildman–Crippen MR) is 223 cm³/mol. The number of nitrogens with two attached hydrogens (primary N) is 1. The maximum Gasteiger partial charge on any atom is 0.410 e. The molecule has 1 saturated heterocycles. The molecule has 22 heteroatoms. The number of primary amides is 1. The van der Waals surface area contributed by atoms with Crippen LogP contribution in [-0.2, 0) is 38.8 Å². The van der Waals surface area contributed by atoms with Gasteiger partial charge in [0.25, 0.3) is 0 Å². The number of hydrogen-bond donors (Lipinski definition) is 6. The van der Waals surface area contributed by atoms with Gasteiger partial charge in [0.2, 0.25) is 11.8 Å². The second-order valence-electron chi connectivity index (χ2n) is 14.6. The van der Waals surface area contributed by atoms with Crippen LogP contribution in [0.4, 0.5) is 43.3 Å². The number of rotatable bonds is 17. The van der Waals surface area contributed by atoms with Gasteiger partial charge in [-0.15, -0.1) is 0 Å². The molecule has 1 aliphatic rings. The lowest BCUT2D eigenvalue weighted by atomic mass is 10.1. The molecule has 1 aromatic heterocycles. The molecule has 64 heavy (non-hydrogen) atoms. The lowest BCUT2D eigenvalue weighted by Crippen LogP contribution is -2.54. The number of aryl methyl sites for hydroxylation is 1. The summed E-state index contributed by atoms with van der Waals surface area (Å²) in [5, 5.41) is 18.7. The van der Waals surface area contributed by atoms with E-state index < -0.39 is 71.9 Å². The van der Waals surface area contributed by atoms with Crippen molar-refractivity contribution in [3.05, 3.63) is 106 Å². The number of alkyl carbamates (subject to hydrolysis) is 1. The second-order valence-corrected chi connectivity index (χ2v) is 14.6. The Hall–Kier alpha value is -7.39. The van der Waals surface area contributed by atoms with Crippen LogP contribution in [0, 0.1) is 5.82 Å². The Morgan fingerprint density at radius 3 is 2.12 bits per heavy atom. The van der Waals surface area contributed by atoms with Crippen molar-refractivity contribution in [2.75, 3.05) is 42.9 Å². The van der Waals surface area contributed by atoms with Crippen molar-refractivity contribution in [3.8, 4) is 0 Å². The van der Waals surface area contributed by atoms with Gasteiger partial charge in [0, 0.05) is 56.4 Å². The molecule has 0 radical (unpaired) electrons. The van der Waals surface area contributed by atoms with Gasteiger partial charge in [0.1, 0.15) is 36.8 Å². The van der Waals surface area contributed by atoms with Crippen molar-refractivity contribution in [1.82, 2.24) is 25.4 Å². The highest BCUT2D eigenvalue weighted by Gasteiger charge is 2.38. The molecule has 7 N–H and O–H groups in total. The molecule has 0 bridgehead atoms. The highest BCUT2D eigenvalue weighted by molar-refractivity contribution is 5.98. The molecule has 0 unspecified atom stereocenters. The van der Waals surface area contributed by atoms with E-state index in [1.165, 1.54) is 39.8 Å². The molecule has 6 amide bonds. The number of nitrogens with one attached hydrogen (secondary N) is 4. The van der Waals surface area contributed by atoms with Gasteiger partial charge in [-0.3, -0.25) is 14.4 Å². The number of amides is 6. The van der Waals surface area contributed by atoms with Crippen molar-refractivity contribution >= 4 is 58.3 Å². The van der Waals surface area contributed by atoms with Gasteiger partial charge in [-0.2, -0.15) is 13.2 Å².